The van der Waals surface area contributed by atoms with Gasteiger partial charge in [-0.15, -0.1) is 0 Å². The van der Waals surface area contributed by atoms with Crippen LogP contribution in [0.1, 0.15) is 15.9 Å². The van der Waals surface area contributed by atoms with Crippen molar-refractivity contribution in [2.24, 2.45) is 0 Å². The molecule has 5 atom stereocenters. The van der Waals surface area contributed by atoms with Gasteiger partial charge in [0.15, 0.2) is 6.29 Å². The average Bonchev–Trinajstić information content (AvgIpc) is 2.70. The molecule has 9 nitrogen and oxygen atoms in total. The molecule has 9 heteroatoms. The van der Waals surface area contributed by atoms with E-state index in [2.05, 4.69) is 10.1 Å². The van der Waals surface area contributed by atoms with Crippen LogP contribution in [0.2, 0.25) is 0 Å². The van der Waals surface area contributed by atoms with Crippen molar-refractivity contribution in [2.75, 3.05) is 20.8 Å². The van der Waals surface area contributed by atoms with Crippen LogP contribution >= 0.6 is 0 Å². The van der Waals surface area contributed by atoms with Crippen molar-refractivity contribution in [2.45, 2.75) is 30.6 Å². The number of nitrogens with one attached hydrogen (secondary N) is 1. The van der Waals surface area contributed by atoms with Crippen LogP contribution in [-0.4, -0.2) is 78.7 Å². The number of aliphatic hydroxyl groups excluding tert-OH is 3. The third-order valence-corrected chi connectivity index (χ3v) is 4.18. The zero-order chi connectivity index (χ0) is 20.0. The monoisotopic (exact) mass is 381 g/mol. The van der Waals surface area contributed by atoms with E-state index in [1.54, 1.807) is 24.3 Å². The van der Waals surface area contributed by atoms with Crippen molar-refractivity contribution in [3.63, 3.8) is 0 Å². The second-order valence-electron chi connectivity index (χ2n) is 5.92. The summed E-state index contributed by atoms with van der Waals surface area (Å²) in [6.45, 7) is -0.500. The van der Waals surface area contributed by atoms with Crippen molar-refractivity contribution >= 4 is 18.0 Å². The van der Waals surface area contributed by atoms with Gasteiger partial charge in [0.1, 0.15) is 24.4 Å². The minimum Gasteiger partial charge on any atom is -0.465 e. The number of rotatable bonds is 6. The first kappa shape index (κ1) is 21.0. The van der Waals surface area contributed by atoms with Gasteiger partial charge in [-0.2, -0.15) is 0 Å². The standard InChI is InChI=1S/C18H23NO8/c1-25-17(24)11-6-3-10(4-7-11)5-8-13(21)19-14-16(23)15(22)12(9-20)27-18(14)26-2/h3-8,12,14-16,18,20,22-23H,9H2,1-2H3,(H,19,21)/b8-5+. The maximum Gasteiger partial charge on any atom is 0.337 e. The second-order valence-corrected chi connectivity index (χ2v) is 5.92. The van der Waals surface area contributed by atoms with E-state index in [4.69, 9.17) is 14.6 Å². The normalized spacial score (nSPS) is 28.1. The molecule has 1 aromatic rings. The zero-order valence-electron chi connectivity index (χ0n) is 14.9. The molecule has 2 rings (SSSR count). The summed E-state index contributed by atoms with van der Waals surface area (Å²) >= 11 is 0. The number of methoxy groups -OCH3 is 2. The molecule has 1 heterocycles. The highest BCUT2D eigenvalue weighted by atomic mass is 16.7. The highest BCUT2D eigenvalue weighted by Gasteiger charge is 2.44. The molecular weight excluding hydrogens is 358 g/mol. The van der Waals surface area contributed by atoms with E-state index in [1.807, 2.05) is 0 Å². The molecule has 1 aromatic carbocycles. The second kappa shape index (κ2) is 9.58. The molecule has 0 aromatic heterocycles. The fourth-order valence-corrected chi connectivity index (χ4v) is 2.67. The smallest absolute Gasteiger partial charge is 0.337 e. The van der Waals surface area contributed by atoms with Crippen LogP contribution in [0.15, 0.2) is 30.3 Å². The Morgan fingerprint density at radius 3 is 2.41 bits per heavy atom. The van der Waals surface area contributed by atoms with Gasteiger partial charge in [-0.05, 0) is 23.8 Å². The predicted octanol–water partition coefficient (Wildman–Crippen LogP) is -0.943. The first-order valence-corrected chi connectivity index (χ1v) is 8.23. The first-order chi connectivity index (χ1) is 12.9. The lowest BCUT2D eigenvalue weighted by atomic mass is 9.97. The van der Waals surface area contributed by atoms with Crippen LogP contribution in [-0.2, 0) is 19.0 Å². The lowest BCUT2D eigenvalue weighted by Crippen LogP contribution is -2.64. The molecule has 1 aliphatic rings. The first-order valence-electron chi connectivity index (χ1n) is 8.23. The fourth-order valence-electron chi connectivity index (χ4n) is 2.67. The van der Waals surface area contributed by atoms with Gasteiger partial charge in [0.2, 0.25) is 5.91 Å². The van der Waals surface area contributed by atoms with Crippen LogP contribution in [0.25, 0.3) is 6.08 Å². The number of benzene rings is 1. The molecule has 0 spiro atoms. The van der Waals surface area contributed by atoms with Crippen molar-refractivity contribution < 1.29 is 39.1 Å². The molecule has 148 valence electrons. The Labute approximate surface area is 156 Å². The number of ether oxygens (including phenoxy) is 3. The van der Waals surface area contributed by atoms with Crippen molar-refractivity contribution in [3.05, 3.63) is 41.5 Å². The molecule has 0 aliphatic carbocycles. The topological polar surface area (TPSA) is 135 Å². The predicted molar refractivity (Wildman–Crippen MR) is 93.5 cm³/mol. The molecule has 27 heavy (non-hydrogen) atoms. The Balaban J connectivity index is 2.01. The lowest BCUT2D eigenvalue weighted by Gasteiger charge is -2.41. The van der Waals surface area contributed by atoms with Gasteiger partial charge in [-0.25, -0.2) is 4.79 Å². The van der Waals surface area contributed by atoms with Crippen LogP contribution in [0, 0.1) is 0 Å². The van der Waals surface area contributed by atoms with Gasteiger partial charge in [0.25, 0.3) is 0 Å². The Morgan fingerprint density at radius 1 is 1.19 bits per heavy atom. The van der Waals surface area contributed by atoms with Crippen LogP contribution in [0.3, 0.4) is 0 Å². The molecule has 0 radical (unpaired) electrons. The molecule has 4 N–H and O–H groups in total. The van der Waals surface area contributed by atoms with E-state index in [9.17, 15) is 19.8 Å². The van der Waals surface area contributed by atoms with E-state index in [-0.39, 0.29) is 0 Å². The molecule has 0 saturated carbocycles. The largest absolute Gasteiger partial charge is 0.465 e. The van der Waals surface area contributed by atoms with Crippen LogP contribution in [0.4, 0.5) is 0 Å². The van der Waals surface area contributed by atoms with E-state index < -0.39 is 49.1 Å². The third kappa shape index (κ3) is 5.12. The van der Waals surface area contributed by atoms with Gasteiger partial charge in [0, 0.05) is 13.2 Å². The molecular formula is C18H23NO8. The minimum atomic E-state index is -1.38. The Bertz CT molecular complexity index is 672. The van der Waals surface area contributed by atoms with Gasteiger partial charge in [-0.3, -0.25) is 4.79 Å². The number of carbonyl (C=O) groups is 2. The lowest BCUT2D eigenvalue weighted by molar-refractivity contribution is -0.262. The molecule has 5 unspecified atom stereocenters. The molecule has 1 fully saturated rings. The third-order valence-electron chi connectivity index (χ3n) is 4.18. The van der Waals surface area contributed by atoms with Gasteiger partial charge in [0.05, 0.1) is 19.3 Å². The number of aliphatic hydroxyl groups is 3. The van der Waals surface area contributed by atoms with Crippen molar-refractivity contribution in [1.82, 2.24) is 5.32 Å². The molecule has 0 bridgehead atoms. The summed E-state index contributed by atoms with van der Waals surface area (Å²) in [4.78, 5) is 23.5. The quantitative estimate of drug-likeness (QED) is 0.366. The van der Waals surface area contributed by atoms with Gasteiger partial charge in [-0.1, -0.05) is 12.1 Å². The molecule has 1 amide bonds. The number of amides is 1. The van der Waals surface area contributed by atoms with Crippen molar-refractivity contribution in [3.8, 4) is 0 Å². The Morgan fingerprint density at radius 2 is 1.85 bits per heavy atom. The van der Waals surface area contributed by atoms with Crippen LogP contribution in [0.5, 0.6) is 0 Å². The van der Waals surface area contributed by atoms with E-state index in [0.717, 1.165) is 0 Å². The number of carbonyl (C=O) groups excluding carboxylic acids is 2. The minimum absolute atomic E-state index is 0.386. The molecule has 1 aliphatic heterocycles. The maximum absolute atomic E-state index is 12.1. The fraction of sp³-hybridized carbons (Fsp3) is 0.444. The highest BCUT2D eigenvalue weighted by molar-refractivity contribution is 5.92. The summed E-state index contributed by atoms with van der Waals surface area (Å²) in [5.41, 5.74) is 1.05. The number of esters is 1. The maximum atomic E-state index is 12.1. The van der Waals surface area contributed by atoms with Crippen molar-refractivity contribution in [1.29, 1.82) is 0 Å². The number of hydrogen-bond acceptors (Lipinski definition) is 8. The zero-order valence-corrected chi connectivity index (χ0v) is 14.9. The van der Waals surface area contributed by atoms with E-state index in [1.165, 1.54) is 26.4 Å². The Kier molecular flexibility index (Phi) is 7.45. The number of hydrogen-bond donors (Lipinski definition) is 4. The van der Waals surface area contributed by atoms with E-state index >= 15 is 0 Å². The van der Waals surface area contributed by atoms with Gasteiger partial charge < -0.3 is 34.8 Å². The summed E-state index contributed by atoms with van der Waals surface area (Å²) in [6, 6.07) is 5.39. The SMILES string of the molecule is COC(=O)c1ccc(/C=C/C(=O)NC2C(OC)OC(CO)C(O)C2O)cc1. The highest BCUT2D eigenvalue weighted by Crippen LogP contribution is 2.21. The van der Waals surface area contributed by atoms with E-state index in [0.29, 0.717) is 11.1 Å². The average molecular weight is 381 g/mol. The summed E-state index contributed by atoms with van der Waals surface area (Å²) in [5.74, 6) is -1.00. The van der Waals surface area contributed by atoms with Gasteiger partial charge >= 0.3 is 5.97 Å². The summed E-state index contributed by atoms with van der Waals surface area (Å²) in [7, 11) is 2.61. The Hall–Kier alpha value is -2.30. The summed E-state index contributed by atoms with van der Waals surface area (Å²) < 4.78 is 15.0. The summed E-state index contributed by atoms with van der Waals surface area (Å²) in [6.07, 6.45) is -2.04. The summed E-state index contributed by atoms with van der Waals surface area (Å²) in [5, 5.41) is 31.8. The molecule has 1 saturated heterocycles. The van der Waals surface area contributed by atoms with Crippen LogP contribution < -0.4 is 5.32 Å².